The van der Waals surface area contributed by atoms with Crippen LogP contribution < -0.4 is 0 Å². The first kappa shape index (κ1) is 16.6. The molecule has 6 heteroatoms. The molecule has 0 saturated carbocycles. The van der Waals surface area contributed by atoms with Gasteiger partial charge in [0, 0.05) is 6.92 Å². The van der Waals surface area contributed by atoms with Crippen LogP contribution in [-0.2, 0) is 27.2 Å². The van der Waals surface area contributed by atoms with E-state index in [-0.39, 0.29) is 22.0 Å². The van der Waals surface area contributed by atoms with Crippen molar-refractivity contribution in [3.8, 4) is 6.07 Å². The molecule has 0 aromatic heterocycles. The molecule has 0 unspecified atom stereocenters. The van der Waals surface area contributed by atoms with Gasteiger partial charge in [0.05, 0.1) is 11.0 Å². The summed E-state index contributed by atoms with van der Waals surface area (Å²) >= 11 is 0. The number of hydrogen-bond acceptors (Lipinski definition) is 4. The second kappa shape index (κ2) is 7.43. The van der Waals surface area contributed by atoms with Gasteiger partial charge >= 0.3 is 17.1 Å². The van der Waals surface area contributed by atoms with Crippen LogP contribution in [0.15, 0.2) is 29.2 Å². The van der Waals surface area contributed by atoms with Crippen molar-refractivity contribution < 1.29 is 30.0 Å². The van der Waals surface area contributed by atoms with Crippen molar-refractivity contribution in [1.29, 1.82) is 5.26 Å². The monoisotopic (exact) mass is 275 g/mol. The van der Waals surface area contributed by atoms with E-state index in [1.165, 1.54) is 19.1 Å². The Morgan fingerprint density at radius 2 is 1.60 bits per heavy atom. The summed E-state index contributed by atoms with van der Waals surface area (Å²) in [6, 6.07) is 7.53. The van der Waals surface area contributed by atoms with Crippen molar-refractivity contribution in [3.05, 3.63) is 29.8 Å². The minimum Gasteiger partial charge on any atom is -0.744 e. The zero-order chi connectivity index (χ0) is 11.2. The van der Waals surface area contributed by atoms with Gasteiger partial charge in [-0.05, 0) is 19.1 Å². The normalized spacial score (nSPS) is 8.93. The van der Waals surface area contributed by atoms with E-state index < -0.39 is 10.1 Å². The van der Waals surface area contributed by atoms with E-state index >= 15 is 0 Å². The van der Waals surface area contributed by atoms with E-state index in [2.05, 4.69) is 0 Å². The molecule has 86 valence electrons. The SMILES string of the molecule is CC#N.Cc1ccc(S(=O)(=O)[O-])cc1.[Cu+]. The molecule has 0 fully saturated rings. The molecule has 1 aromatic carbocycles. The van der Waals surface area contributed by atoms with Crippen molar-refractivity contribution in [2.24, 2.45) is 0 Å². The number of rotatable bonds is 1. The molecule has 0 saturated heterocycles. The molecule has 0 radical (unpaired) electrons. The third kappa shape index (κ3) is 7.11. The van der Waals surface area contributed by atoms with Crippen molar-refractivity contribution in [2.75, 3.05) is 0 Å². The average molecular weight is 276 g/mol. The summed E-state index contributed by atoms with van der Waals surface area (Å²) in [7, 11) is -4.27. The number of aryl methyl sites for hydroxylation is 1. The van der Waals surface area contributed by atoms with Crippen LogP contribution in [-0.4, -0.2) is 13.0 Å². The summed E-state index contributed by atoms with van der Waals surface area (Å²) in [5.74, 6) is 0. The third-order valence-electron chi connectivity index (χ3n) is 1.31. The molecule has 15 heavy (non-hydrogen) atoms. The smallest absolute Gasteiger partial charge is 0.744 e. The Balaban J connectivity index is 0. The Labute approximate surface area is 100 Å². The molecule has 1 aromatic rings. The van der Waals surface area contributed by atoms with Crippen molar-refractivity contribution in [3.63, 3.8) is 0 Å². The summed E-state index contributed by atoms with van der Waals surface area (Å²) in [6.07, 6.45) is 0. The van der Waals surface area contributed by atoms with Crippen molar-refractivity contribution >= 4 is 10.1 Å². The molecular formula is C9H10CuNO3S. The maximum absolute atomic E-state index is 10.4. The topological polar surface area (TPSA) is 81.0 Å². The van der Waals surface area contributed by atoms with Crippen LogP contribution in [0.2, 0.25) is 0 Å². The first-order valence-corrected chi connectivity index (χ1v) is 5.16. The van der Waals surface area contributed by atoms with Gasteiger partial charge in [0.2, 0.25) is 0 Å². The third-order valence-corrected chi connectivity index (χ3v) is 2.16. The molecule has 0 aliphatic heterocycles. The molecule has 0 N–H and O–H groups in total. The predicted octanol–water partition coefficient (Wildman–Crippen LogP) is 1.43. The molecule has 0 aliphatic rings. The number of nitrogens with zero attached hydrogens (tertiary/aromatic N) is 1. The summed E-state index contributed by atoms with van der Waals surface area (Å²) in [6.45, 7) is 3.25. The van der Waals surface area contributed by atoms with Gasteiger partial charge in [0.1, 0.15) is 10.1 Å². The molecule has 0 amide bonds. The number of benzene rings is 1. The van der Waals surface area contributed by atoms with Gasteiger partial charge in [0.15, 0.2) is 0 Å². The molecule has 1 rings (SSSR count). The van der Waals surface area contributed by atoms with Crippen molar-refractivity contribution in [1.82, 2.24) is 0 Å². The zero-order valence-corrected chi connectivity index (χ0v) is 9.95. The second-order valence-corrected chi connectivity index (χ2v) is 3.87. The van der Waals surface area contributed by atoms with E-state index in [0.29, 0.717) is 0 Å². The van der Waals surface area contributed by atoms with Gasteiger partial charge in [-0.3, -0.25) is 0 Å². The van der Waals surface area contributed by atoms with Crippen LogP contribution in [0, 0.1) is 18.3 Å². The minimum absolute atomic E-state index is 0. The van der Waals surface area contributed by atoms with E-state index in [9.17, 15) is 13.0 Å². The standard InChI is InChI=1S/C7H8O3S.C2H3N.Cu/c1-6-2-4-7(5-3-6)11(8,9)10;1-2-3;/h2-5H,1H3,(H,8,9,10);1H3;/q;;+1/p-1. The Morgan fingerprint density at radius 3 is 1.87 bits per heavy atom. The van der Waals surface area contributed by atoms with E-state index in [4.69, 9.17) is 5.26 Å². The minimum atomic E-state index is -4.27. The summed E-state index contributed by atoms with van der Waals surface area (Å²) in [4.78, 5) is -0.178. The van der Waals surface area contributed by atoms with Crippen LogP contribution in [0.1, 0.15) is 12.5 Å². The summed E-state index contributed by atoms with van der Waals surface area (Å²) in [5, 5.41) is 7.32. The molecule has 0 atom stereocenters. The van der Waals surface area contributed by atoms with Crippen LogP contribution in [0.4, 0.5) is 0 Å². The number of nitriles is 1. The average Bonchev–Trinajstić information content (AvgIpc) is 2.04. The Morgan fingerprint density at radius 1 is 1.27 bits per heavy atom. The molecule has 0 heterocycles. The largest absolute Gasteiger partial charge is 1.00 e. The maximum atomic E-state index is 10.4. The molecule has 4 nitrogen and oxygen atoms in total. The first-order valence-electron chi connectivity index (χ1n) is 3.75. The summed E-state index contributed by atoms with van der Waals surface area (Å²) < 4.78 is 31.2. The van der Waals surface area contributed by atoms with E-state index in [0.717, 1.165) is 5.56 Å². The van der Waals surface area contributed by atoms with Crippen molar-refractivity contribution in [2.45, 2.75) is 18.7 Å². The van der Waals surface area contributed by atoms with Crippen LogP contribution in [0.5, 0.6) is 0 Å². The van der Waals surface area contributed by atoms with Gasteiger partial charge in [-0.15, -0.1) is 0 Å². The predicted molar refractivity (Wildman–Crippen MR) is 50.4 cm³/mol. The molecular weight excluding hydrogens is 266 g/mol. The van der Waals surface area contributed by atoms with Gasteiger partial charge < -0.3 is 4.55 Å². The fourth-order valence-electron chi connectivity index (χ4n) is 0.705. The quantitative estimate of drug-likeness (QED) is 0.573. The van der Waals surface area contributed by atoms with Crippen LogP contribution in [0.25, 0.3) is 0 Å². The second-order valence-electron chi connectivity index (χ2n) is 2.49. The Bertz CT molecular complexity index is 420. The molecule has 0 spiro atoms. The number of hydrogen-bond donors (Lipinski definition) is 0. The van der Waals surface area contributed by atoms with Gasteiger partial charge in [-0.2, -0.15) is 5.26 Å². The summed E-state index contributed by atoms with van der Waals surface area (Å²) in [5.41, 5.74) is 0.928. The molecule has 0 aliphatic carbocycles. The maximum Gasteiger partial charge on any atom is 1.00 e. The Hall–Kier alpha value is -0.861. The van der Waals surface area contributed by atoms with Crippen LogP contribution in [0.3, 0.4) is 0 Å². The zero-order valence-electron chi connectivity index (χ0n) is 8.19. The first-order chi connectivity index (χ1) is 6.41. The Kier molecular flexibility index (Phi) is 8.21. The van der Waals surface area contributed by atoms with Gasteiger partial charge in [-0.1, -0.05) is 17.7 Å². The fraction of sp³-hybridized carbons (Fsp3) is 0.222. The van der Waals surface area contributed by atoms with Crippen LogP contribution >= 0.6 is 0 Å². The van der Waals surface area contributed by atoms with Gasteiger partial charge in [0.25, 0.3) is 0 Å². The molecule has 0 bridgehead atoms. The van der Waals surface area contributed by atoms with E-state index in [1.807, 2.05) is 6.92 Å². The van der Waals surface area contributed by atoms with E-state index in [1.54, 1.807) is 18.2 Å². The van der Waals surface area contributed by atoms with Gasteiger partial charge in [-0.25, -0.2) is 8.42 Å². The fourth-order valence-corrected chi connectivity index (χ4v) is 1.17.